The van der Waals surface area contributed by atoms with Crippen LogP contribution < -0.4 is 5.32 Å². The van der Waals surface area contributed by atoms with Gasteiger partial charge in [0.05, 0.1) is 12.0 Å². The molecule has 2 aromatic heterocycles. The molecule has 0 radical (unpaired) electrons. The van der Waals surface area contributed by atoms with Crippen LogP contribution in [0, 0.1) is 6.92 Å². The lowest BCUT2D eigenvalue weighted by Gasteiger charge is -2.41. The van der Waals surface area contributed by atoms with Gasteiger partial charge in [-0.3, -0.25) is 9.69 Å². The van der Waals surface area contributed by atoms with Gasteiger partial charge in [0.15, 0.2) is 0 Å². The molecule has 0 saturated carbocycles. The Bertz CT molecular complexity index is 733. The Morgan fingerprint density at radius 2 is 2.12 bits per heavy atom. The molecule has 3 rings (SSSR count). The quantitative estimate of drug-likeness (QED) is 0.868. The van der Waals surface area contributed by atoms with Crippen LogP contribution in [0.15, 0.2) is 29.3 Å². The fourth-order valence-electron chi connectivity index (χ4n) is 3.26. The summed E-state index contributed by atoms with van der Waals surface area (Å²) in [5.41, 5.74) is -0.281. The first kappa shape index (κ1) is 18.4. The molecule has 3 heterocycles. The van der Waals surface area contributed by atoms with E-state index < -0.39 is 24.2 Å². The van der Waals surface area contributed by atoms with E-state index in [1.54, 1.807) is 10.8 Å². The number of imidazole rings is 1. The summed E-state index contributed by atoms with van der Waals surface area (Å²) in [4.78, 5) is 18.7. The Balaban J connectivity index is 1.70. The van der Waals surface area contributed by atoms with Crippen molar-refractivity contribution in [3.63, 3.8) is 0 Å². The second kappa shape index (κ2) is 7.10. The van der Waals surface area contributed by atoms with Crippen molar-refractivity contribution in [2.24, 2.45) is 0 Å². The zero-order chi connectivity index (χ0) is 18.8. The van der Waals surface area contributed by atoms with Gasteiger partial charge in [0.25, 0.3) is 0 Å². The van der Waals surface area contributed by atoms with E-state index in [-0.39, 0.29) is 0 Å². The van der Waals surface area contributed by atoms with Crippen molar-refractivity contribution in [3.05, 3.63) is 36.2 Å². The predicted molar refractivity (Wildman–Crippen MR) is 85.0 cm³/mol. The maximum absolute atomic E-state index is 12.6. The van der Waals surface area contributed by atoms with E-state index in [0.29, 0.717) is 32.5 Å². The molecule has 142 valence electrons. The highest BCUT2D eigenvalue weighted by Gasteiger charge is 2.44. The lowest BCUT2D eigenvalue weighted by molar-refractivity contribution is -0.145. The second-order valence-electron chi connectivity index (χ2n) is 6.50. The summed E-state index contributed by atoms with van der Waals surface area (Å²) in [6.45, 7) is 2.13. The van der Waals surface area contributed by atoms with Crippen molar-refractivity contribution in [1.82, 2.24) is 24.9 Å². The van der Waals surface area contributed by atoms with Gasteiger partial charge in [0.1, 0.15) is 17.8 Å². The van der Waals surface area contributed by atoms with Crippen molar-refractivity contribution in [1.29, 1.82) is 0 Å². The Kier molecular flexibility index (Phi) is 5.03. The summed E-state index contributed by atoms with van der Waals surface area (Å²) in [5, 5.41) is 5.98. The monoisotopic (exact) mass is 371 g/mol. The fourth-order valence-corrected chi connectivity index (χ4v) is 3.26. The summed E-state index contributed by atoms with van der Waals surface area (Å²) in [5.74, 6) is 0.0843. The SMILES string of the molecule is Cc1cc(CN2CCC(C(=O)NCC(F)(F)F)(n3ccnc3)CC2)no1. The van der Waals surface area contributed by atoms with Gasteiger partial charge in [-0.25, -0.2) is 4.98 Å². The third kappa shape index (κ3) is 4.06. The molecule has 1 aliphatic heterocycles. The molecule has 0 spiro atoms. The van der Waals surface area contributed by atoms with Crippen LogP contribution in [0.3, 0.4) is 0 Å². The van der Waals surface area contributed by atoms with Gasteiger partial charge in [0, 0.05) is 38.1 Å². The van der Waals surface area contributed by atoms with Gasteiger partial charge in [-0.2, -0.15) is 13.2 Å². The smallest absolute Gasteiger partial charge is 0.361 e. The number of rotatable bonds is 5. The zero-order valence-electron chi connectivity index (χ0n) is 14.3. The van der Waals surface area contributed by atoms with E-state index in [1.165, 1.54) is 12.5 Å². The van der Waals surface area contributed by atoms with Crippen LogP contribution in [-0.4, -0.2) is 51.3 Å². The van der Waals surface area contributed by atoms with E-state index in [0.717, 1.165) is 11.5 Å². The molecule has 0 aromatic carbocycles. The van der Waals surface area contributed by atoms with Gasteiger partial charge in [0.2, 0.25) is 5.91 Å². The topological polar surface area (TPSA) is 76.2 Å². The Morgan fingerprint density at radius 3 is 2.65 bits per heavy atom. The fraction of sp³-hybridized carbons (Fsp3) is 0.562. The van der Waals surface area contributed by atoms with Crippen LogP contribution >= 0.6 is 0 Å². The molecule has 1 fully saturated rings. The third-order valence-corrected chi connectivity index (χ3v) is 4.62. The van der Waals surface area contributed by atoms with E-state index in [4.69, 9.17) is 4.52 Å². The summed E-state index contributed by atoms with van der Waals surface area (Å²) >= 11 is 0. The van der Waals surface area contributed by atoms with Crippen molar-refractivity contribution >= 4 is 5.91 Å². The number of nitrogens with zero attached hydrogens (tertiary/aromatic N) is 4. The number of hydrogen-bond donors (Lipinski definition) is 1. The Morgan fingerprint density at radius 1 is 1.38 bits per heavy atom. The number of carbonyl (C=O) groups is 1. The Hall–Kier alpha value is -2.36. The second-order valence-corrected chi connectivity index (χ2v) is 6.50. The lowest BCUT2D eigenvalue weighted by atomic mass is 9.86. The summed E-state index contributed by atoms with van der Waals surface area (Å²) < 4.78 is 44.2. The van der Waals surface area contributed by atoms with E-state index in [1.807, 2.05) is 18.3 Å². The van der Waals surface area contributed by atoms with Crippen molar-refractivity contribution in [2.45, 2.75) is 38.0 Å². The first-order valence-corrected chi connectivity index (χ1v) is 8.26. The van der Waals surface area contributed by atoms with Crippen LogP contribution in [0.2, 0.25) is 0 Å². The standard InChI is InChI=1S/C16H20F3N5O2/c1-12-8-13(22-26-12)9-23-5-2-15(3-6-23,24-7-4-20-11-24)14(25)21-10-16(17,18)19/h4,7-8,11H,2-3,5-6,9-10H2,1H3,(H,21,25). The molecule has 1 amide bonds. The van der Waals surface area contributed by atoms with Gasteiger partial charge in [-0.15, -0.1) is 0 Å². The molecule has 26 heavy (non-hydrogen) atoms. The number of aromatic nitrogens is 3. The first-order valence-electron chi connectivity index (χ1n) is 8.26. The third-order valence-electron chi connectivity index (χ3n) is 4.62. The van der Waals surface area contributed by atoms with Crippen LogP contribution in [-0.2, 0) is 16.9 Å². The average molecular weight is 371 g/mol. The van der Waals surface area contributed by atoms with E-state index in [2.05, 4.69) is 15.0 Å². The summed E-state index contributed by atoms with van der Waals surface area (Å²) in [6, 6.07) is 1.84. The minimum atomic E-state index is -4.45. The highest BCUT2D eigenvalue weighted by Crippen LogP contribution is 2.31. The minimum absolute atomic E-state index is 0.379. The molecule has 1 saturated heterocycles. The molecule has 0 bridgehead atoms. The number of amides is 1. The lowest BCUT2D eigenvalue weighted by Crippen LogP contribution is -2.55. The van der Waals surface area contributed by atoms with E-state index >= 15 is 0 Å². The van der Waals surface area contributed by atoms with Crippen LogP contribution in [0.25, 0.3) is 0 Å². The van der Waals surface area contributed by atoms with Gasteiger partial charge < -0.3 is 14.4 Å². The summed E-state index contributed by atoms with van der Waals surface area (Å²) in [6.07, 6.45) is 0.919. The van der Waals surface area contributed by atoms with Crippen LogP contribution in [0.4, 0.5) is 13.2 Å². The van der Waals surface area contributed by atoms with Crippen LogP contribution in [0.5, 0.6) is 0 Å². The van der Waals surface area contributed by atoms with Crippen molar-refractivity contribution < 1.29 is 22.5 Å². The number of aryl methyl sites for hydroxylation is 1. The number of nitrogens with one attached hydrogen (secondary N) is 1. The van der Waals surface area contributed by atoms with Gasteiger partial charge in [-0.05, 0) is 19.8 Å². The molecule has 0 atom stereocenters. The number of halogens is 3. The van der Waals surface area contributed by atoms with Crippen LogP contribution in [0.1, 0.15) is 24.3 Å². The largest absolute Gasteiger partial charge is 0.405 e. The first-order chi connectivity index (χ1) is 12.3. The van der Waals surface area contributed by atoms with Crippen molar-refractivity contribution in [3.8, 4) is 0 Å². The van der Waals surface area contributed by atoms with Gasteiger partial charge >= 0.3 is 6.18 Å². The summed E-state index contributed by atoms with van der Waals surface area (Å²) in [7, 11) is 0. The maximum atomic E-state index is 12.6. The highest BCUT2D eigenvalue weighted by atomic mass is 19.4. The predicted octanol–water partition coefficient (Wildman–Crippen LogP) is 1.85. The number of alkyl halides is 3. The highest BCUT2D eigenvalue weighted by molar-refractivity contribution is 5.84. The minimum Gasteiger partial charge on any atom is -0.361 e. The van der Waals surface area contributed by atoms with Crippen molar-refractivity contribution in [2.75, 3.05) is 19.6 Å². The molecule has 0 aliphatic carbocycles. The molecular weight excluding hydrogens is 351 g/mol. The number of carbonyl (C=O) groups excluding carboxylic acids is 1. The molecule has 1 aliphatic rings. The Labute approximate surface area is 148 Å². The molecular formula is C16H20F3N5O2. The molecule has 7 nitrogen and oxygen atoms in total. The molecule has 10 heteroatoms. The molecule has 0 unspecified atom stereocenters. The zero-order valence-corrected chi connectivity index (χ0v) is 14.3. The number of piperidine rings is 1. The maximum Gasteiger partial charge on any atom is 0.405 e. The van der Waals surface area contributed by atoms with Gasteiger partial charge in [-0.1, -0.05) is 5.16 Å². The molecule has 2 aromatic rings. The van der Waals surface area contributed by atoms with E-state index in [9.17, 15) is 18.0 Å². The number of likely N-dealkylation sites (tertiary alicyclic amines) is 1. The normalized spacial score (nSPS) is 18.0. The number of hydrogen-bond acceptors (Lipinski definition) is 5. The molecule has 1 N–H and O–H groups in total. The average Bonchev–Trinajstić information content (AvgIpc) is 3.25.